The minimum Gasteiger partial charge on any atom is -0.371 e. The summed E-state index contributed by atoms with van der Waals surface area (Å²) in [6, 6.07) is 0. The predicted molar refractivity (Wildman–Crippen MR) is 51.4 cm³/mol. The highest BCUT2D eigenvalue weighted by atomic mass is 16.5. The molecule has 0 rings (SSSR count). The third-order valence-corrected chi connectivity index (χ3v) is 1.15. The van der Waals surface area contributed by atoms with E-state index < -0.39 is 17.9 Å². The van der Waals surface area contributed by atoms with Crippen LogP contribution < -0.4 is 0 Å². The van der Waals surface area contributed by atoms with E-state index in [1.165, 1.54) is 13.8 Å². The second kappa shape index (κ2) is 7.06. The molecule has 15 heavy (non-hydrogen) atoms. The first-order valence-corrected chi connectivity index (χ1v) is 3.92. The number of esters is 2. The van der Waals surface area contributed by atoms with E-state index in [0.29, 0.717) is 0 Å². The van der Waals surface area contributed by atoms with Crippen LogP contribution in [0.4, 0.5) is 0 Å². The van der Waals surface area contributed by atoms with Gasteiger partial charge in [-0.15, -0.1) is 0 Å². The second-order valence-electron chi connectivity index (χ2n) is 2.27. The van der Waals surface area contributed by atoms with Gasteiger partial charge in [-0.2, -0.15) is 0 Å². The van der Waals surface area contributed by atoms with Crippen molar-refractivity contribution in [3.8, 4) is 36.4 Å². The number of ether oxygens (including phenoxy) is 2. The van der Waals surface area contributed by atoms with Crippen molar-refractivity contribution in [1.29, 1.82) is 0 Å². The fourth-order valence-electron chi connectivity index (χ4n) is 0.495. The Kier molecular flexibility index (Phi) is 5.94. The van der Waals surface area contributed by atoms with Gasteiger partial charge in [-0.3, -0.25) is 0 Å². The first kappa shape index (κ1) is 12.6. The topological polar surface area (TPSA) is 52.6 Å². The van der Waals surface area contributed by atoms with E-state index in [0.717, 1.165) is 0 Å². The summed E-state index contributed by atoms with van der Waals surface area (Å²) in [5.74, 6) is 4.42. The van der Waals surface area contributed by atoms with Gasteiger partial charge in [0.1, 0.15) is 18.1 Å². The highest BCUT2D eigenvalue weighted by Gasteiger charge is 2.10. The summed E-state index contributed by atoms with van der Waals surface area (Å²) in [6.45, 7) is 2.96. The van der Waals surface area contributed by atoms with Gasteiger partial charge >= 0.3 is 11.9 Å². The Labute approximate surface area is 87.9 Å². The molecule has 1 unspecified atom stereocenters. The fourth-order valence-corrected chi connectivity index (χ4v) is 0.495. The molecule has 0 radical (unpaired) electrons. The van der Waals surface area contributed by atoms with Crippen molar-refractivity contribution in [2.45, 2.75) is 13.8 Å². The molecule has 0 aliphatic rings. The van der Waals surface area contributed by atoms with Gasteiger partial charge in [0.2, 0.25) is 0 Å². The molecule has 0 aromatic carbocycles. The Hall–Kier alpha value is -2.38. The van der Waals surface area contributed by atoms with Crippen molar-refractivity contribution in [1.82, 2.24) is 0 Å². The van der Waals surface area contributed by atoms with Gasteiger partial charge in [0, 0.05) is 12.8 Å². The van der Waals surface area contributed by atoms with Crippen LogP contribution in [0.25, 0.3) is 0 Å². The average molecular weight is 204 g/mol. The second-order valence-corrected chi connectivity index (χ2v) is 2.27. The molecule has 76 valence electrons. The Morgan fingerprint density at radius 2 is 2.00 bits per heavy atom. The maximum atomic E-state index is 10.9. The van der Waals surface area contributed by atoms with Crippen molar-refractivity contribution in [3.63, 3.8) is 0 Å². The van der Waals surface area contributed by atoms with Crippen LogP contribution in [-0.2, 0) is 19.1 Å². The summed E-state index contributed by atoms with van der Waals surface area (Å²) in [5, 5.41) is 0. The molecule has 4 nitrogen and oxygen atoms in total. The molecule has 0 amide bonds. The van der Waals surface area contributed by atoms with Gasteiger partial charge in [0.05, 0.1) is 0 Å². The minimum absolute atomic E-state index is 0.695. The maximum absolute atomic E-state index is 10.9. The van der Waals surface area contributed by atoms with E-state index in [4.69, 9.17) is 6.42 Å². The zero-order chi connectivity index (χ0) is 11.7. The molecule has 0 N–H and O–H groups in total. The van der Waals surface area contributed by atoms with E-state index in [-0.39, 0.29) is 0 Å². The molecule has 0 heterocycles. The summed E-state index contributed by atoms with van der Waals surface area (Å²) in [7, 11) is 0. The molecule has 0 aliphatic heterocycles. The summed E-state index contributed by atoms with van der Waals surface area (Å²) in [6.07, 6.45) is 8.53. The summed E-state index contributed by atoms with van der Waals surface area (Å²) in [4.78, 5) is 21.7. The molecule has 4 heteroatoms. The number of terminal acetylenes is 1. The number of carbonyl (C=O) groups is 2. The van der Waals surface area contributed by atoms with Gasteiger partial charge in [0.15, 0.2) is 0 Å². The lowest BCUT2D eigenvalue weighted by atomic mass is 10.2. The van der Waals surface area contributed by atoms with Crippen molar-refractivity contribution in [2.75, 3.05) is 0 Å². The molecule has 0 fully saturated rings. The first-order valence-electron chi connectivity index (χ1n) is 3.92. The normalized spacial score (nSPS) is 9.13. The number of rotatable bonds is 1. The first-order chi connectivity index (χ1) is 7.11. The van der Waals surface area contributed by atoms with Gasteiger partial charge < -0.3 is 9.47 Å². The van der Waals surface area contributed by atoms with Crippen LogP contribution in [0.15, 0.2) is 0 Å². The quantitative estimate of drug-likeness (QED) is 0.350. The SMILES string of the molecule is C#COC(=O)C(C)C#CC(=O)OC#CC. The van der Waals surface area contributed by atoms with Gasteiger partial charge in [-0.05, 0) is 6.92 Å². The van der Waals surface area contributed by atoms with Crippen molar-refractivity contribution >= 4 is 11.9 Å². The zero-order valence-corrected chi connectivity index (χ0v) is 8.29. The Morgan fingerprint density at radius 3 is 2.53 bits per heavy atom. The van der Waals surface area contributed by atoms with Crippen molar-refractivity contribution in [2.24, 2.45) is 5.92 Å². The molecule has 0 bridgehead atoms. The van der Waals surface area contributed by atoms with E-state index >= 15 is 0 Å². The predicted octanol–water partition coefficient (Wildman–Crippen LogP) is 0.284. The van der Waals surface area contributed by atoms with Crippen LogP contribution in [0.2, 0.25) is 0 Å². The molecule has 0 aliphatic carbocycles. The minimum atomic E-state index is -0.829. The lowest BCUT2D eigenvalue weighted by Gasteiger charge is -1.96. The number of carbonyl (C=O) groups excluding carboxylic acids is 2. The standard InChI is InChI=1S/C11H8O4/c1-4-8-15-10(12)7-6-9(3)11(13)14-5-2/h2,9H,1,3H3. The largest absolute Gasteiger partial charge is 0.398 e. The molecular formula is C11H8O4. The van der Waals surface area contributed by atoms with Crippen LogP contribution >= 0.6 is 0 Å². The van der Waals surface area contributed by atoms with Crippen LogP contribution in [0, 0.1) is 42.3 Å². The zero-order valence-electron chi connectivity index (χ0n) is 8.29. The summed E-state index contributed by atoms with van der Waals surface area (Å²) >= 11 is 0. The van der Waals surface area contributed by atoms with Crippen LogP contribution in [-0.4, -0.2) is 11.9 Å². The van der Waals surface area contributed by atoms with E-state index in [1.54, 1.807) is 6.11 Å². The summed E-state index contributed by atoms with van der Waals surface area (Å²) < 4.78 is 8.54. The smallest absolute Gasteiger partial charge is 0.371 e. The molecule has 0 saturated carbocycles. The molecular weight excluding hydrogens is 196 g/mol. The Balaban J connectivity index is 4.26. The lowest BCUT2D eigenvalue weighted by Crippen LogP contribution is -2.10. The molecule has 0 saturated heterocycles. The van der Waals surface area contributed by atoms with Crippen molar-refractivity contribution in [3.05, 3.63) is 0 Å². The van der Waals surface area contributed by atoms with Crippen LogP contribution in [0.5, 0.6) is 0 Å². The third-order valence-electron chi connectivity index (χ3n) is 1.15. The highest BCUT2D eigenvalue weighted by Crippen LogP contribution is 1.95. The number of hydrogen-bond acceptors (Lipinski definition) is 4. The van der Waals surface area contributed by atoms with Gasteiger partial charge in [-0.25, -0.2) is 9.59 Å². The molecule has 0 aromatic rings. The van der Waals surface area contributed by atoms with Gasteiger partial charge in [-0.1, -0.05) is 18.3 Å². The fraction of sp³-hybridized carbons (Fsp3) is 0.273. The monoisotopic (exact) mass is 204 g/mol. The summed E-state index contributed by atoms with van der Waals surface area (Å²) in [5.41, 5.74) is 0. The van der Waals surface area contributed by atoms with E-state index in [2.05, 4.69) is 33.3 Å². The number of hydrogen-bond donors (Lipinski definition) is 0. The maximum Gasteiger partial charge on any atom is 0.398 e. The van der Waals surface area contributed by atoms with E-state index in [1.807, 2.05) is 0 Å². The van der Waals surface area contributed by atoms with E-state index in [9.17, 15) is 9.59 Å². The Morgan fingerprint density at radius 1 is 1.33 bits per heavy atom. The highest BCUT2D eigenvalue weighted by molar-refractivity contribution is 5.90. The van der Waals surface area contributed by atoms with Crippen LogP contribution in [0.1, 0.15) is 13.8 Å². The molecule has 1 atom stereocenters. The third kappa shape index (κ3) is 5.80. The van der Waals surface area contributed by atoms with Crippen molar-refractivity contribution < 1.29 is 19.1 Å². The lowest BCUT2D eigenvalue weighted by molar-refractivity contribution is -0.138. The van der Waals surface area contributed by atoms with Gasteiger partial charge in [0.25, 0.3) is 0 Å². The Bertz CT molecular complexity index is 406. The molecule has 0 aromatic heterocycles. The van der Waals surface area contributed by atoms with Crippen LogP contribution in [0.3, 0.4) is 0 Å². The molecule has 0 spiro atoms. The average Bonchev–Trinajstić information content (AvgIpc) is 2.23.